The van der Waals surface area contributed by atoms with E-state index in [4.69, 9.17) is 14.5 Å². The Bertz CT molecular complexity index is 2060. The molecular weight excluding hydrogens is 544 g/mol. The molecule has 0 unspecified atom stereocenters. The fraction of sp³-hybridized carbons (Fsp3) is 0.0263. The van der Waals surface area contributed by atoms with E-state index in [1.165, 1.54) is 0 Å². The minimum absolute atomic E-state index is 0.716. The Morgan fingerprint density at radius 1 is 0.568 bits per heavy atom. The first-order chi connectivity index (χ1) is 21.7. The lowest BCUT2D eigenvalue weighted by Crippen LogP contribution is -1.95. The van der Waals surface area contributed by atoms with Gasteiger partial charge in [0.15, 0.2) is 7.05 Å². The van der Waals surface area contributed by atoms with Gasteiger partial charge in [-0.15, -0.1) is 0 Å². The highest BCUT2D eigenvalue weighted by atomic mass is 16.5. The Morgan fingerprint density at radius 3 is 1.98 bits per heavy atom. The fourth-order valence-corrected chi connectivity index (χ4v) is 5.17. The third-order valence-corrected chi connectivity index (χ3v) is 7.19. The molecule has 1 aliphatic rings. The van der Waals surface area contributed by atoms with E-state index in [-0.39, 0.29) is 0 Å². The molecule has 2 aromatic heterocycles. The molecule has 0 amide bonds. The molecule has 0 atom stereocenters. The molecule has 3 heterocycles. The van der Waals surface area contributed by atoms with Gasteiger partial charge in [-0.2, -0.15) is 0 Å². The van der Waals surface area contributed by atoms with Gasteiger partial charge in [0.25, 0.3) is 6.20 Å². The molecule has 0 radical (unpaired) electrons. The van der Waals surface area contributed by atoms with Gasteiger partial charge in [0.2, 0.25) is 11.9 Å². The zero-order valence-electron chi connectivity index (χ0n) is 24.0. The number of benzene rings is 4. The van der Waals surface area contributed by atoms with E-state index in [2.05, 4.69) is 29.2 Å². The summed E-state index contributed by atoms with van der Waals surface area (Å²) in [6.07, 6.45) is 9.37. The summed E-state index contributed by atoms with van der Waals surface area (Å²) in [4.78, 5) is 9.15. The van der Waals surface area contributed by atoms with Crippen LogP contribution in [0.3, 0.4) is 0 Å². The van der Waals surface area contributed by atoms with Crippen molar-refractivity contribution in [2.45, 2.75) is 0 Å². The second kappa shape index (κ2) is 12.0. The monoisotopic (exact) mass is 572 g/mol. The lowest BCUT2D eigenvalue weighted by atomic mass is 9.91. The minimum Gasteiger partial charge on any atom is -0.457 e. The third kappa shape index (κ3) is 5.79. The fourth-order valence-electron chi connectivity index (χ4n) is 5.17. The summed E-state index contributed by atoms with van der Waals surface area (Å²) in [5, 5.41) is 0. The van der Waals surface area contributed by atoms with E-state index in [0.29, 0.717) is 5.75 Å². The molecule has 0 N–H and O–H groups in total. The van der Waals surface area contributed by atoms with E-state index in [1.54, 1.807) is 12.4 Å². The zero-order chi connectivity index (χ0) is 29.7. The number of ether oxygens (including phenoxy) is 2. The summed E-state index contributed by atoms with van der Waals surface area (Å²) in [6.45, 7) is 0. The summed E-state index contributed by atoms with van der Waals surface area (Å²) in [5.74, 6) is 3.00. The van der Waals surface area contributed by atoms with Crippen LogP contribution in [0.1, 0.15) is 0 Å². The molecule has 6 aromatic rings. The van der Waals surface area contributed by atoms with Gasteiger partial charge in [0.05, 0.1) is 11.8 Å². The summed E-state index contributed by atoms with van der Waals surface area (Å²) in [6, 6.07) is 43.2. The molecule has 44 heavy (non-hydrogen) atoms. The maximum Gasteiger partial charge on any atom is 0.495 e. The topological polar surface area (TPSA) is 50.3 Å². The molecule has 0 saturated heterocycles. The van der Waals surface area contributed by atoms with Crippen LogP contribution in [0.4, 0.5) is 5.69 Å². The van der Waals surface area contributed by atoms with Gasteiger partial charge < -0.3 is 9.47 Å². The Kier molecular flexibility index (Phi) is 7.32. The van der Waals surface area contributed by atoms with Crippen molar-refractivity contribution in [3.63, 3.8) is 0 Å². The number of para-hydroxylation sites is 1. The quantitative estimate of drug-likeness (QED) is 0.171. The number of nitrogens with zero attached hydrogens (tertiary/aromatic N) is 4. The zero-order valence-corrected chi connectivity index (χ0v) is 24.0. The molecule has 0 spiro atoms. The Morgan fingerprint density at radius 2 is 1.23 bits per heavy atom. The standard InChI is InChI=1S/C38H28N4O2/c1-41-22-23-42(27-41)31-10-7-15-35(26-31)44-34-14-6-9-30(25-34)38-37(28-16-19-39-20-17-28)36(18-21-40-38)29-8-5-13-33(24-29)43-32-11-3-2-4-12-32/h2-26H,1H3/q+2. The van der Waals surface area contributed by atoms with Gasteiger partial charge in [-0.3, -0.25) is 9.97 Å². The van der Waals surface area contributed by atoms with Crippen LogP contribution in [0, 0.1) is 0 Å². The van der Waals surface area contributed by atoms with Crippen LogP contribution in [0.5, 0.6) is 23.0 Å². The molecule has 1 aliphatic heterocycles. The molecule has 0 aliphatic carbocycles. The number of aromatic nitrogens is 2. The van der Waals surface area contributed by atoms with Gasteiger partial charge in [0.1, 0.15) is 23.0 Å². The summed E-state index contributed by atoms with van der Waals surface area (Å²) in [7, 11) is 1.95. The van der Waals surface area contributed by atoms with Crippen molar-refractivity contribution >= 4 is 11.7 Å². The lowest BCUT2D eigenvalue weighted by Gasteiger charge is -2.16. The van der Waals surface area contributed by atoms with Gasteiger partial charge >= 0.3 is 6.01 Å². The smallest absolute Gasteiger partial charge is 0.457 e. The van der Waals surface area contributed by atoms with Gasteiger partial charge in [-0.25, -0.2) is 0 Å². The highest BCUT2D eigenvalue weighted by Crippen LogP contribution is 2.40. The molecule has 4 aromatic carbocycles. The number of hydrogen-bond acceptors (Lipinski definition) is 4. The summed E-state index contributed by atoms with van der Waals surface area (Å²) in [5.41, 5.74) is 6.83. The second-order valence-electron chi connectivity index (χ2n) is 10.3. The second-order valence-corrected chi connectivity index (χ2v) is 10.3. The van der Waals surface area contributed by atoms with Gasteiger partial charge in [0, 0.05) is 35.8 Å². The average Bonchev–Trinajstić information content (AvgIpc) is 3.52. The van der Waals surface area contributed by atoms with Crippen LogP contribution >= 0.6 is 0 Å². The number of rotatable bonds is 8. The van der Waals surface area contributed by atoms with Crippen molar-refractivity contribution < 1.29 is 18.6 Å². The van der Waals surface area contributed by atoms with Crippen LogP contribution in [-0.4, -0.2) is 32.2 Å². The van der Waals surface area contributed by atoms with Crippen molar-refractivity contribution in [3.8, 4) is 56.5 Å². The van der Waals surface area contributed by atoms with E-state index in [0.717, 1.165) is 56.4 Å². The van der Waals surface area contributed by atoms with E-state index in [9.17, 15) is 0 Å². The van der Waals surface area contributed by atoms with E-state index in [1.807, 2.05) is 138 Å². The lowest BCUT2D eigenvalue weighted by molar-refractivity contribution is -0.429. The molecule has 0 bridgehead atoms. The molecule has 0 fully saturated rings. The van der Waals surface area contributed by atoms with Crippen molar-refractivity contribution in [3.05, 3.63) is 152 Å². The first-order valence-electron chi connectivity index (χ1n) is 14.3. The summed E-state index contributed by atoms with van der Waals surface area (Å²) < 4.78 is 16.3. The Balaban J connectivity index is 1.27. The predicted octanol–water partition coefficient (Wildman–Crippen LogP) is 9.01. The molecule has 0 saturated carbocycles. The molecule has 7 rings (SSSR count). The normalized spacial score (nSPS) is 12.0. The first kappa shape index (κ1) is 26.8. The van der Waals surface area contributed by atoms with Crippen molar-refractivity contribution in [2.75, 3.05) is 7.05 Å². The molecule has 6 heteroatoms. The third-order valence-electron chi connectivity index (χ3n) is 7.19. The van der Waals surface area contributed by atoms with Crippen LogP contribution in [0.15, 0.2) is 152 Å². The van der Waals surface area contributed by atoms with Crippen molar-refractivity contribution in [1.82, 2.24) is 9.97 Å². The van der Waals surface area contributed by atoms with Crippen LogP contribution < -0.4 is 9.47 Å². The molecule has 6 nitrogen and oxygen atoms in total. The Labute approximate surface area is 255 Å². The molecule has 210 valence electrons. The largest absolute Gasteiger partial charge is 0.495 e. The highest BCUT2D eigenvalue weighted by molar-refractivity contribution is 5.92. The maximum absolute atomic E-state index is 6.35. The molecular formula is C38H28N4O2+2. The number of hydrogen-bond donors (Lipinski definition) is 0. The Hall–Kier alpha value is -6.10. The predicted molar refractivity (Wildman–Crippen MR) is 172 cm³/mol. The minimum atomic E-state index is 0.716. The van der Waals surface area contributed by atoms with Gasteiger partial charge in [-0.1, -0.05) is 57.7 Å². The SMILES string of the molecule is C[N+]1=C=[N+](c2cccc(Oc3cccc(-c4nccc(-c5cccc(Oc6ccccc6)c5)c4-c4ccncc4)c3)c2)C=C1. The first-order valence-corrected chi connectivity index (χ1v) is 14.3. The van der Waals surface area contributed by atoms with Crippen LogP contribution in [-0.2, 0) is 0 Å². The van der Waals surface area contributed by atoms with Crippen molar-refractivity contribution in [2.24, 2.45) is 0 Å². The van der Waals surface area contributed by atoms with Gasteiger partial charge in [-0.05, 0) is 77.4 Å². The van der Waals surface area contributed by atoms with Crippen LogP contribution in [0.2, 0.25) is 0 Å². The van der Waals surface area contributed by atoms with Crippen molar-refractivity contribution in [1.29, 1.82) is 0 Å². The van der Waals surface area contributed by atoms with Crippen LogP contribution in [0.25, 0.3) is 33.5 Å². The summed E-state index contributed by atoms with van der Waals surface area (Å²) >= 11 is 0. The maximum atomic E-state index is 6.35. The van der Waals surface area contributed by atoms with E-state index >= 15 is 0 Å². The number of pyridine rings is 2. The highest BCUT2D eigenvalue weighted by Gasteiger charge is 2.18. The average molecular weight is 573 g/mol. The van der Waals surface area contributed by atoms with E-state index < -0.39 is 0 Å².